The molecule has 1 N–H and O–H groups in total. The van der Waals surface area contributed by atoms with Crippen molar-refractivity contribution in [1.82, 2.24) is 29.5 Å². The van der Waals surface area contributed by atoms with E-state index in [2.05, 4.69) is 15.4 Å². The van der Waals surface area contributed by atoms with Gasteiger partial charge in [-0.2, -0.15) is 5.10 Å². The molecule has 142 valence electrons. The van der Waals surface area contributed by atoms with Crippen LogP contribution in [0, 0.1) is 5.92 Å². The lowest BCUT2D eigenvalue weighted by molar-refractivity contribution is -0.119. The molecule has 2 atom stereocenters. The van der Waals surface area contributed by atoms with Crippen molar-refractivity contribution in [3.8, 4) is 17.1 Å². The number of ether oxygens (including phenoxy) is 1. The summed E-state index contributed by atoms with van der Waals surface area (Å²) in [4.78, 5) is 20.9. The first-order chi connectivity index (χ1) is 13.6. The van der Waals surface area contributed by atoms with E-state index in [4.69, 9.17) is 9.72 Å². The molecule has 1 unspecified atom stereocenters. The SMILES string of the molecule is C[C@@H](Oc1nc(-c2cnn3ccccc23)cc2ncn(C)c12)C1CNC(=O)C1. The van der Waals surface area contributed by atoms with Crippen LogP contribution in [-0.2, 0) is 11.8 Å². The predicted molar refractivity (Wildman–Crippen MR) is 104 cm³/mol. The third-order valence-corrected chi connectivity index (χ3v) is 5.34. The van der Waals surface area contributed by atoms with E-state index < -0.39 is 0 Å². The summed E-state index contributed by atoms with van der Waals surface area (Å²) in [7, 11) is 1.92. The molecule has 4 aromatic rings. The zero-order valence-electron chi connectivity index (χ0n) is 15.7. The summed E-state index contributed by atoms with van der Waals surface area (Å²) in [5.41, 5.74) is 4.29. The van der Waals surface area contributed by atoms with Gasteiger partial charge in [0.25, 0.3) is 0 Å². The Kier molecular flexibility index (Phi) is 3.78. The Hall–Kier alpha value is -3.42. The molecule has 28 heavy (non-hydrogen) atoms. The van der Waals surface area contributed by atoms with Gasteiger partial charge in [0.2, 0.25) is 11.8 Å². The standard InChI is InChI=1S/C20H20N6O2/c1-12(13-7-18(27)21-9-13)28-20-19-16(22-11-25(19)2)8-15(24-20)14-10-23-26-6-4-3-5-17(14)26/h3-6,8,10-13H,7,9H2,1-2H3,(H,21,27)/t12-,13?/m1/s1. The van der Waals surface area contributed by atoms with E-state index >= 15 is 0 Å². The van der Waals surface area contributed by atoms with Gasteiger partial charge < -0.3 is 14.6 Å². The fourth-order valence-electron chi connectivity index (χ4n) is 3.72. The van der Waals surface area contributed by atoms with E-state index in [1.807, 2.05) is 53.5 Å². The molecule has 4 aromatic heterocycles. The lowest BCUT2D eigenvalue weighted by atomic mass is 10.0. The van der Waals surface area contributed by atoms with Crippen LogP contribution in [0.2, 0.25) is 0 Å². The Morgan fingerprint density at radius 1 is 1.36 bits per heavy atom. The summed E-state index contributed by atoms with van der Waals surface area (Å²) in [5, 5.41) is 7.27. The summed E-state index contributed by atoms with van der Waals surface area (Å²) in [6, 6.07) is 7.87. The number of hydrogen-bond donors (Lipinski definition) is 1. The van der Waals surface area contributed by atoms with E-state index in [-0.39, 0.29) is 17.9 Å². The number of fused-ring (bicyclic) bond motifs is 2. The van der Waals surface area contributed by atoms with Gasteiger partial charge >= 0.3 is 0 Å². The monoisotopic (exact) mass is 376 g/mol. The van der Waals surface area contributed by atoms with Gasteiger partial charge in [-0.3, -0.25) is 4.79 Å². The van der Waals surface area contributed by atoms with Gasteiger partial charge in [-0.05, 0) is 25.1 Å². The maximum Gasteiger partial charge on any atom is 0.241 e. The number of pyridine rings is 2. The molecule has 1 aliphatic heterocycles. The van der Waals surface area contributed by atoms with Crippen molar-refractivity contribution in [3.05, 3.63) is 43.0 Å². The van der Waals surface area contributed by atoms with E-state index in [0.717, 1.165) is 27.8 Å². The van der Waals surface area contributed by atoms with E-state index in [9.17, 15) is 4.79 Å². The molecule has 0 aromatic carbocycles. The maximum absolute atomic E-state index is 11.6. The highest BCUT2D eigenvalue weighted by Crippen LogP contribution is 2.32. The Morgan fingerprint density at radius 3 is 3.07 bits per heavy atom. The number of amides is 1. The van der Waals surface area contributed by atoms with Gasteiger partial charge in [0.1, 0.15) is 11.6 Å². The van der Waals surface area contributed by atoms with Crippen LogP contribution < -0.4 is 10.1 Å². The average molecular weight is 376 g/mol. The summed E-state index contributed by atoms with van der Waals surface area (Å²) in [6.45, 7) is 2.61. The van der Waals surface area contributed by atoms with Crippen molar-refractivity contribution in [2.75, 3.05) is 6.54 Å². The molecule has 1 aliphatic rings. The Labute approximate surface area is 161 Å². The van der Waals surface area contributed by atoms with Gasteiger partial charge in [-0.1, -0.05) is 6.07 Å². The highest BCUT2D eigenvalue weighted by atomic mass is 16.5. The van der Waals surface area contributed by atoms with Gasteiger partial charge in [0.05, 0.1) is 29.3 Å². The number of nitrogens with zero attached hydrogens (tertiary/aromatic N) is 5. The third-order valence-electron chi connectivity index (χ3n) is 5.34. The Bertz CT molecular complexity index is 1190. The molecule has 1 fully saturated rings. The highest BCUT2D eigenvalue weighted by molar-refractivity contribution is 5.87. The minimum atomic E-state index is -0.149. The van der Waals surface area contributed by atoms with Crippen molar-refractivity contribution in [2.45, 2.75) is 19.4 Å². The van der Waals surface area contributed by atoms with Crippen molar-refractivity contribution < 1.29 is 9.53 Å². The van der Waals surface area contributed by atoms with Gasteiger partial charge in [0.15, 0.2) is 0 Å². The molecule has 0 spiro atoms. The fourth-order valence-corrected chi connectivity index (χ4v) is 3.72. The molecular formula is C20H20N6O2. The van der Waals surface area contributed by atoms with Gasteiger partial charge in [-0.15, -0.1) is 0 Å². The molecule has 8 heteroatoms. The zero-order chi connectivity index (χ0) is 19.3. The van der Waals surface area contributed by atoms with Crippen LogP contribution in [0.25, 0.3) is 27.8 Å². The van der Waals surface area contributed by atoms with Crippen LogP contribution in [0.3, 0.4) is 0 Å². The van der Waals surface area contributed by atoms with Crippen LogP contribution in [0.15, 0.2) is 43.0 Å². The number of carbonyl (C=O) groups is 1. The summed E-state index contributed by atoms with van der Waals surface area (Å²) >= 11 is 0. The molecule has 0 aliphatic carbocycles. The molecule has 0 radical (unpaired) electrons. The number of imidazole rings is 1. The zero-order valence-corrected chi connectivity index (χ0v) is 15.7. The molecular weight excluding hydrogens is 356 g/mol. The van der Waals surface area contributed by atoms with Crippen molar-refractivity contribution in [1.29, 1.82) is 0 Å². The van der Waals surface area contributed by atoms with Gasteiger partial charge in [-0.25, -0.2) is 14.5 Å². The molecule has 8 nitrogen and oxygen atoms in total. The predicted octanol–water partition coefficient (Wildman–Crippen LogP) is 2.19. The quantitative estimate of drug-likeness (QED) is 0.590. The Balaban J connectivity index is 1.59. The lowest BCUT2D eigenvalue weighted by Crippen LogP contribution is -2.26. The van der Waals surface area contributed by atoms with Crippen LogP contribution >= 0.6 is 0 Å². The summed E-state index contributed by atoms with van der Waals surface area (Å²) in [5.74, 6) is 0.715. The first kappa shape index (κ1) is 16.7. The molecule has 5 rings (SSSR count). The topological polar surface area (TPSA) is 86.3 Å². The van der Waals surface area contributed by atoms with E-state index in [1.165, 1.54) is 0 Å². The third kappa shape index (κ3) is 2.69. The van der Waals surface area contributed by atoms with Crippen molar-refractivity contribution >= 4 is 22.5 Å². The van der Waals surface area contributed by atoms with Crippen LogP contribution in [0.1, 0.15) is 13.3 Å². The number of carbonyl (C=O) groups excluding carboxylic acids is 1. The highest BCUT2D eigenvalue weighted by Gasteiger charge is 2.29. The summed E-state index contributed by atoms with van der Waals surface area (Å²) < 4.78 is 9.98. The summed E-state index contributed by atoms with van der Waals surface area (Å²) in [6.07, 6.45) is 5.79. The minimum absolute atomic E-state index is 0.0687. The molecule has 1 saturated heterocycles. The Morgan fingerprint density at radius 2 is 2.25 bits per heavy atom. The maximum atomic E-state index is 11.6. The fraction of sp³-hybridized carbons (Fsp3) is 0.300. The normalized spacial score (nSPS) is 17.9. The van der Waals surface area contributed by atoms with Crippen molar-refractivity contribution in [3.63, 3.8) is 0 Å². The molecule has 0 bridgehead atoms. The number of nitrogens with one attached hydrogen (secondary N) is 1. The lowest BCUT2D eigenvalue weighted by Gasteiger charge is -2.20. The molecule has 0 saturated carbocycles. The average Bonchev–Trinajstić information content (AvgIpc) is 3.40. The van der Waals surface area contributed by atoms with Crippen molar-refractivity contribution in [2.24, 2.45) is 13.0 Å². The smallest absolute Gasteiger partial charge is 0.241 e. The minimum Gasteiger partial charge on any atom is -0.473 e. The van der Waals surface area contributed by atoms with Crippen LogP contribution in [0.4, 0.5) is 0 Å². The second kappa shape index (κ2) is 6.33. The number of aryl methyl sites for hydroxylation is 1. The molecule has 1 amide bonds. The van der Waals surface area contributed by atoms with Crippen LogP contribution in [0.5, 0.6) is 5.88 Å². The van der Waals surface area contributed by atoms with E-state index in [1.54, 1.807) is 12.5 Å². The second-order valence-electron chi connectivity index (χ2n) is 7.22. The first-order valence-corrected chi connectivity index (χ1v) is 9.28. The number of hydrogen-bond acceptors (Lipinski definition) is 5. The molecule has 5 heterocycles. The largest absolute Gasteiger partial charge is 0.473 e. The van der Waals surface area contributed by atoms with E-state index in [0.29, 0.717) is 18.8 Å². The first-order valence-electron chi connectivity index (χ1n) is 9.28. The number of rotatable bonds is 4. The van der Waals surface area contributed by atoms with Crippen LogP contribution in [-0.4, -0.2) is 42.7 Å². The number of aromatic nitrogens is 5. The second-order valence-corrected chi connectivity index (χ2v) is 7.22. The van der Waals surface area contributed by atoms with Gasteiger partial charge in [0, 0.05) is 37.7 Å².